The number of nitrogens with zero attached hydrogens (tertiary/aromatic N) is 1. The highest BCUT2D eigenvalue weighted by Crippen LogP contribution is 2.61. The van der Waals surface area contributed by atoms with Crippen LogP contribution in [0.15, 0.2) is 90.3 Å². The Kier molecular flexibility index (Phi) is 4.35. The van der Waals surface area contributed by atoms with E-state index in [1.807, 2.05) is 24.3 Å². The first-order valence-corrected chi connectivity index (χ1v) is 12.4. The van der Waals surface area contributed by atoms with E-state index < -0.39 is 17.8 Å². The monoisotopic (exact) mass is 477 g/mol. The fourth-order valence-corrected chi connectivity index (χ4v) is 6.77. The average Bonchev–Trinajstić information content (AvgIpc) is 3.52. The second-order valence-electron chi connectivity index (χ2n) is 9.14. The number of esters is 1. The Morgan fingerprint density at radius 1 is 0.714 bits per heavy atom. The van der Waals surface area contributed by atoms with Gasteiger partial charge in [0, 0.05) is 17.9 Å². The average molecular weight is 478 g/mol. The number of ether oxygens (including phenoxy) is 1. The van der Waals surface area contributed by atoms with Crippen molar-refractivity contribution in [2.24, 2.45) is 11.8 Å². The van der Waals surface area contributed by atoms with E-state index in [4.69, 9.17) is 4.74 Å². The molecule has 4 aliphatic rings. The van der Waals surface area contributed by atoms with Crippen molar-refractivity contribution in [2.75, 3.05) is 4.90 Å². The van der Waals surface area contributed by atoms with Gasteiger partial charge in [0.25, 0.3) is 0 Å². The summed E-state index contributed by atoms with van der Waals surface area (Å²) in [5, 5.41) is 1.81. The zero-order chi connectivity index (χ0) is 23.7. The van der Waals surface area contributed by atoms with Crippen LogP contribution in [0, 0.1) is 11.8 Å². The largest absolute Gasteiger partial charge is 0.422 e. The Balaban J connectivity index is 1.29. The topological polar surface area (TPSA) is 63.7 Å². The van der Waals surface area contributed by atoms with Crippen molar-refractivity contribution in [3.63, 3.8) is 0 Å². The van der Waals surface area contributed by atoms with Crippen molar-refractivity contribution in [3.8, 4) is 5.75 Å². The van der Waals surface area contributed by atoms with Crippen LogP contribution in [0.25, 0.3) is 0 Å². The lowest BCUT2D eigenvalue weighted by molar-refractivity contribution is -0.122. The zero-order valence-corrected chi connectivity index (χ0v) is 19.3. The molecule has 2 atom stereocenters. The number of imide groups is 1. The number of rotatable bonds is 3. The Morgan fingerprint density at radius 2 is 1.29 bits per heavy atom. The maximum atomic E-state index is 13.9. The van der Waals surface area contributed by atoms with Gasteiger partial charge < -0.3 is 4.74 Å². The number of amides is 2. The molecule has 1 aliphatic heterocycles. The van der Waals surface area contributed by atoms with Gasteiger partial charge in [-0.2, -0.15) is 0 Å². The van der Waals surface area contributed by atoms with E-state index in [2.05, 4.69) is 24.3 Å². The van der Waals surface area contributed by atoms with Crippen LogP contribution in [-0.4, -0.2) is 17.8 Å². The number of hydrogen-bond donors (Lipinski definition) is 0. The van der Waals surface area contributed by atoms with Gasteiger partial charge in [0.15, 0.2) is 0 Å². The molecule has 3 aliphatic carbocycles. The molecule has 2 bridgehead atoms. The minimum Gasteiger partial charge on any atom is -0.422 e. The maximum absolute atomic E-state index is 13.9. The molecule has 0 N–H and O–H groups in total. The Morgan fingerprint density at radius 3 is 1.80 bits per heavy atom. The van der Waals surface area contributed by atoms with E-state index >= 15 is 0 Å². The van der Waals surface area contributed by atoms with E-state index in [0.29, 0.717) is 16.3 Å². The molecule has 6 heteroatoms. The highest BCUT2D eigenvalue weighted by molar-refractivity contribution is 7.12. The molecule has 3 aromatic carbocycles. The van der Waals surface area contributed by atoms with Crippen LogP contribution in [0.1, 0.15) is 43.8 Å². The standard InChI is InChI=1S/C29H19NO4S/c31-27-25-23-18-9-1-2-10-19(18)24(21-12-4-3-11-20(21)23)26(25)28(32)30(27)16-7-5-8-17(15-16)34-29(33)22-13-6-14-35-22/h1-15,23-26H/t23?,24?,25-,26-/m1/s1. The summed E-state index contributed by atoms with van der Waals surface area (Å²) in [6.07, 6.45) is 0. The first-order chi connectivity index (χ1) is 17.1. The third-order valence-corrected chi connectivity index (χ3v) is 8.31. The fraction of sp³-hybridized carbons (Fsp3) is 0.138. The Labute approximate surface area is 205 Å². The molecular formula is C29H19NO4S. The van der Waals surface area contributed by atoms with E-state index in [1.54, 1.807) is 41.8 Å². The first-order valence-electron chi connectivity index (χ1n) is 11.5. The molecule has 5 nitrogen and oxygen atoms in total. The van der Waals surface area contributed by atoms with Gasteiger partial charge in [0.05, 0.1) is 17.5 Å². The van der Waals surface area contributed by atoms with Gasteiger partial charge in [-0.05, 0) is 45.8 Å². The van der Waals surface area contributed by atoms with Crippen molar-refractivity contribution in [2.45, 2.75) is 11.8 Å². The van der Waals surface area contributed by atoms with Crippen LogP contribution in [0.3, 0.4) is 0 Å². The van der Waals surface area contributed by atoms with Gasteiger partial charge in [-0.15, -0.1) is 11.3 Å². The molecule has 0 spiro atoms. The number of anilines is 1. The fourth-order valence-electron chi connectivity index (χ4n) is 6.17. The summed E-state index contributed by atoms with van der Waals surface area (Å²) in [5.41, 5.74) is 4.98. The van der Waals surface area contributed by atoms with Crippen LogP contribution in [0.2, 0.25) is 0 Å². The smallest absolute Gasteiger partial charge is 0.353 e. The highest BCUT2D eigenvalue weighted by atomic mass is 32.1. The maximum Gasteiger partial charge on any atom is 0.353 e. The Hall–Kier alpha value is -4.03. The normalized spacial score (nSPS) is 23.6. The quantitative estimate of drug-likeness (QED) is 0.226. The van der Waals surface area contributed by atoms with Crippen molar-refractivity contribution in [3.05, 3.63) is 117 Å². The van der Waals surface area contributed by atoms with Gasteiger partial charge in [-0.1, -0.05) is 60.7 Å². The molecule has 2 heterocycles. The molecule has 35 heavy (non-hydrogen) atoms. The molecule has 0 saturated carbocycles. The van der Waals surface area contributed by atoms with Gasteiger partial charge in [0.2, 0.25) is 11.8 Å². The van der Waals surface area contributed by atoms with Crippen molar-refractivity contribution in [1.29, 1.82) is 0 Å². The lowest BCUT2D eigenvalue weighted by Gasteiger charge is -2.45. The van der Waals surface area contributed by atoms with Gasteiger partial charge in [0.1, 0.15) is 10.6 Å². The lowest BCUT2D eigenvalue weighted by atomic mass is 9.55. The summed E-state index contributed by atoms with van der Waals surface area (Å²) in [6, 6.07) is 26.5. The Bertz CT molecular complexity index is 1410. The molecule has 8 rings (SSSR count). The van der Waals surface area contributed by atoms with E-state index in [0.717, 1.165) is 22.3 Å². The summed E-state index contributed by atoms with van der Waals surface area (Å²) in [7, 11) is 0. The molecule has 1 aromatic heterocycles. The summed E-state index contributed by atoms with van der Waals surface area (Å²) >= 11 is 1.30. The molecule has 2 amide bonds. The first kappa shape index (κ1) is 20.4. The molecule has 0 radical (unpaired) electrons. The summed E-state index contributed by atoms with van der Waals surface area (Å²) in [5.74, 6) is -1.76. The van der Waals surface area contributed by atoms with Crippen molar-refractivity contribution >= 4 is 34.8 Å². The predicted octanol–water partition coefficient (Wildman–Crippen LogP) is 5.36. The number of benzene rings is 3. The summed E-state index contributed by atoms with van der Waals surface area (Å²) in [6.45, 7) is 0. The minimum absolute atomic E-state index is 0.154. The highest BCUT2D eigenvalue weighted by Gasteiger charge is 2.61. The molecule has 0 unspecified atom stereocenters. The lowest BCUT2D eigenvalue weighted by Crippen LogP contribution is -2.41. The number of carbonyl (C=O) groups excluding carboxylic acids is 3. The zero-order valence-electron chi connectivity index (χ0n) is 18.5. The van der Waals surface area contributed by atoms with Crippen LogP contribution in [0.5, 0.6) is 5.75 Å². The SMILES string of the molecule is O=C(Oc1cccc(N2C(=O)[C@@H]3C4c5ccccc5C(c5ccccc54)[C@H]3C2=O)c1)c1cccs1. The molecular weight excluding hydrogens is 458 g/mol. The second kappa shape index (κ2) is 7.48. The number of thiophene rings is 1. The van der Waals surface area contributed by atoms with Crippen LogP contribution in [-0.2, 0) is 9.59 Å². The summed E-state index contributed by atoms with van der Waals surface area (Å²) < 4.78 is 5.53. The molecule has 170 valence electrons. The van der Waals surface area contributed by atoms with Crippen molar-refractivity contribution in [1.82, 2.24) is 0 Å². The van der Waals surface area contributed by atoms with Gasteiger partial charge in [-0.3, -0.25) is 9.59 Å². The van der Waals surface area contributed by atoms with Crippen LogP contribution >= 0.6 is 11.3 Å². The van der Waals surface area contributed by atoms with Crippen LogP contribution in [0.4, 0.5) is 5.69 Å². The third kappa shape index (κ3) is 2.83. The second-order valence-corrected chi connectivity index (χ2v) is 10.1. The molecule has 1 saturated heterocycles. The van der Waals surface area contributed by atoms with E-state index in [9.17, 15) is 14.4 Å². The predicted molar refractivity (Wildman–Crippen MR) is 132 cm³/mol. The molecule has 4 aromatic rings. The van der Waals surface area contributed by atoms with E-state index in [-0.39, 0.29) is 23.7 Å². The van der Waals surface area contributed by atoms with Gasteiger partial charge >= 0.3 is 5.97 Å². The molecule has 1 fully saturated rings. The van der Waals surface area contributed by atoms with Crippen molar-refractivity contribution < 1.29 is 19.1 Å². The minimum atomic E-state index is -0.464. The van der Waals surface area contributed by atoms with Gasteiger partial charge in [-0.25, -0.2) is 9.69 Å². The van der Waals surface area contributed by atoms with E-state index in [1.165, 1.54) is 16.2 Å². The van der Waals surface area contributed by atoms with Crippen LogP contribution < -0.4 is 9.64 Å². The number of carbonyl (C=O) groups is 3. The third-order valence-electron chi connectivity index (χ3n) is 7.46. The summed E-state index contributed by atoms with van der Waals surface area (Å²) in [4.78, 5) is 42.0. The number of hydrogen-bond acceptors (Lipinski definition) is 5.